The zero-order valence-electron chi connectivity index (χ0n) is 9.24. The zero-order valence-corrected chi connectivity index (χ0v) is 10.1. The van der Waals surface area contributed by atoms with E-state index in [1.807, 2.05) is 0 Å². The Bertz CT molecular complexity index is 499. The van der Waals surface area contributed by atoms with Crippen LogP contribution in [0.25, 0.3) is 0 Å². The minimum atomic E-state index is -4.41. The molecule has 0 saturated heterocycles. The van der Waals surface area contributed by atoms with Crippen molar-refractivity contribution in [2.24, 2.45) is 0 Å². The molecule has 0 spiro atoms. The van der Waals surface area contributed by atoms with Crippen LogP contribution in [0, 0.1) is 0 Å². The molecule has 4 nitrogen and oxygen atoms in total. The smallest absolute Gasteiger partial charge is 0.385 e. The van der Waals surface area contributed by atoms with Gasteiger partial charge in [0.25, 0.3) is 10.1 Å². The monoisotopic (exact) mass is 283 g/mol. The van der Waals surface area contributed by atoms with Crippen molar-refractivity contribution in [1.82, 2.24) is 0 Å². The fourth-order valence-corrected chi connectivity index (χ4v) is 1.80. The fourth-order valence-electron chi connectivity index (χ4n) is 1.29. The first-order valence-electron chi connectivity index (χ1n) is 5.05. The SMILES string of the molecule is O=S(=O)(O)CCCNc1cccc(C(F)(F)F)c1. The minimum absolute atomic E-state index is 0.106. The van der Waals surface area contributed by atoms with Gasteiger partial charge >= 0.3 is 6.18 Å². The van der Waals surface area contributed by atoms with Gasteiger partial charge in [0, 0.05) is 12.2 Å². The second-order valence-electron chi connectivity index (χ2n) is 3.64. The van der Waals surface area contributed by atoms with E-state index in [9.17, 15) is 21.6 Å². The number of hydrogen-bond acceptors (Lipinski definition) is 3. The molecule has 8 heteroatoms. The van der Waals surface area contributed by atoms with Crippen molar-refractivity contribution in [3.8, 4) is 0 Å². The van der Waals surface area contributed by atoms with Gasteiger partial charge in [-0.05, 0) is 24.6 Å². The summed E-state index contributed by atoms with van der Waals surface area (Å²) in [6.45, 7) is 0.154. The van der Waals surface area contributed by atoms with Crippen molar-refractivity contribution in [2.75, 3.05) is 17.6 Å². The van der Waals surface area contributed by atoms with E-state index in [0.717, 1.165) is 12.1 Å². The predicted octanol–water partition coefficient (Wildman–Crippen LogP) is 2.40. The van der Waals surface area contributed by atoms with Crippen LogP contribution < -0.4 is 5.32 Å². The Morgan fingerprint density at radius 2 is 1.94 bits per heavy atom. The third-order valence-electron chi connectivity index (χ3n) is 2.10. The molecule has 1 aromatic carbocycles. The van der Waals surface area contributed by atoms with Crippen molar-refractivity contribution in [3.63, 3.8) is 0 Å². The lowest BCUT2D eigenvalue weighted by Gasteiger charge is -2.10. The van der Waals surface area contributed by atoms with Gasteiger partial charge in [-0.2, -0.15) is 21.6 Å². The van der Waals surface area contributed by atoms with E-state index >= 15 is 0 Å². The number of alkyl halides is 3. The van der Waals surface area contributed by atoms with Crippen LogP contribution in [-0.4, -0.2) is 25.3 Å². The molecule has 0 aliphatic rings. The first kappa shape index (κ1) is 14.8. The molecule has 1 rings (SSSR count). The van der Waals surface area contributed by atoms with Gasteiger partial charge in [-0.3, -0.25) is 4.55 Å². The van der Waals surface area contributed by atoms with Crippen LogP contribution in [0.4, 0.5) is 18.9 Å². The molecule has 0 radical (unpaired) electrons. The number of anilines is 1. The molecule has 1 aromatic rings. The molecule has 18 heavy (non-hydrogen) atoms. The lowest BCUT2D eigenvalue weighted by molar-refractivity contribution is -0.137. The topological polar surface area (TPSA) is 66.4 Å². The Kier molecular flexibility index (Phi) is 4.58. The van der Waals surface area contributed by atoms with Crippen molar-refractivity contribution >= 4 is 15.8 Å². The van der Waals surface area contributed by atoms with Gasteiger partial charge in [0.1, 0.15) is 0 Å². The summed E-state index contributed by atoms with van der Waals surface area (Å²) in [6, 6.07) is 4.59. The van der Waals surface area contributed by atoms with Crippen molar-refractivity contribution < 1.29 is 26.1 Å². The average molecular weight is 283 g/mol. The summed E-state index contributed by atoms with van der Waals surface area (Å²) in [5.41, 5.74) is -0.526. The van der Waals surface area contributed by atoms with Crippen LogP contribution >= 0.6 is 0 Å². The Labute approximate surface area is 103 Å². The molecule has 0 fully saturated rings. The molecular formula is C10H12F3NO3S. The van der Waals surface area contributed by atoms with Crippen molar-refractivity contribution in [2.45, 2.75) is 12.6 Å². The Hall–Kier alpha value is -1.28. The number of nitrogens with one attached hydrogen (secondary N) is 1. The number of benzene rings is 1. The molecule has 0 bridgehead atoms. The third-order valence-corrected chi connectivity index (χ3v) is 2.90. The van der Waals surface area contributed by atoms with Gasteiger partial charge in [-0.1, -0.05) is 6.07 Å². The molecular weight excluding hydrogens is 271 g/mol. The van der Waals surface area contributed by atoms with Crippen LogP contribution in [0.1, 0.15) is 12.0 Å². The summed E-state index contributed by atoms with van der Waals surface area (Å²) in [5.74, 6) is -0.432. The summed E-state index contributed by atoms with van der Waals surface area (Å²) >= 11 is 0. The van der Waals surface area contributed by atoms with Crippen molar-refractivity contribution in [1.29, 1.82) is 0 Å². The van der Waals surface area contributed by atoms with Gasteiger partial charge in [0.05, 0.1) is 11.3 Å². The third kappa shape index (κ3) is 5.37. The maximum Gasteiger partial charge on any atom is 0.416 e. The van der Waals surface area contributed by atoms with Gasteiger partial charge in [0.2, 0.25) is 0 Å². The van der Waals surface area contributed by atoms with E-state index in [-0.39, 0.29) is 18.7 Å². The Morgan fingerprint density at radius 3 is 2.50 bits per heavy atom. The predicted molar refractivity (Wildman–Crippen MR) is 61.0 cm³/mol. The highest BCUT2D eigenvalue weighted by molar-refractivity contribution is 7.85. The average Bonchev–Trinajstić information content (AvgIpc) is 2.22. The highest BCUT2D eigenvalue weighted by atomic mass is 32.2. The van der Waals surface area contributed by atoms with E-state index in [1.54, 1.807) is 0 Å². The van der Waals surface area contributed by atoms with E-state index in [4.69, 9.17) is 4.55 Å². The molecule has 0 amide bonds. The number of halogens is 3. The highest BCUT2D eigenvalue weighted by Gasteiger charge is 2.30. The Morgan fingerprint density at radius 1 is 1.28 bits per heavy atom. The molecule has 2 N–H and O–H groups in total. The van der Waals surface area contributed by atoms with Crippen LogP contribution in [0.5, 0.6) is 0 Å². The second-order valence-corrected chi connectivity index (χ2v) is 5.22. The summed E-state index contributed by atoms with van der Waals surface area (Å²) in [5, 5.41) is 2.65. The maximum absolute atomic E-state index is 12.4. The molecule has 0 atom stereocenters. The first-order chi connectivity index (χ1) is 8.18. The molecule has 0 unspecified atom stereocenters. The number of rotatable bonds is 5. The minimum Gasteiger partial charge on any atom is -0.385 e. The van der Waals surface area contributed by atoms with Gasteiger partial charge in [-0.15, -0.1) is 0 Å². The standard InChI is InChI=1S/C10H12F3NO3S/c11-10(12,13)8-3-1-4-9(7-8)14-5-2-6-18(15,16)17/h1,3-4,7,14H,2,5-6H2,(H,15,16,17). The van der Waals surface area contributed by atoms with Crippen LogP contribution in [-0.2, 0) is 16.3 Å². The maximum atomic E-state index is 12.4. The Balaban J connectivity index is 2.53. The van der Waals surface area contributed by atoms with Crippen LogP contribution in [0.3, 0.4) is 0 Å². The van der Waals surface area contributed by atoms with Gasteiger partial charge in [0.15, 0.2) is 0 Å². The summed E-state index contributed by atoms with van der Waals surface area (Å²) in [4.78, 5) is 0. The summed E-state index contributed by atoms with van der Waals surface area (Å²) in [6.07, 6.45) is -4.30. The van der Waals surface area contributed by atoms with Gasteiger partial charge in [-0.25, -0.2) is 0 Å². The first-order valence-corrected chi connectivity index (χ1v) is 6.66. The van der Waals surface area contributed by atoms with Crippen LogP contribution in [0.15, 0.2) is 24.3 Å². The van der Waals surface area contributed by atoms with Crippen molar-refractivity contribution in [3.05, 3.63) is 29.8 Å². The zero-order chi connectivity index (χ0) is 13.8. The molecule has 0 aromatic heterocycles. The van der Waals surface area contributed by atoms with Crippen LogP contribution in [0.2, 0.25) is 0 Å². The molecule has 0 aliphatic carbocycles. The fraction of sp³-hybridized carbons (Fsp3) is 0.400. The van der Waals surface area contributed by atoms with E-state index < -0.39 is 27.6 Å². The molecule has 0 saturated carbocycles. The molecule has 0 heterocycles. The van der Waals surface area contributed by atoms with Gasteiger partial charge < -0.3 is 5.32 Å². The quantitative estimate of drug-likeness (QED) is 0.643. The number of hydrogen-bond donors (Lipinski definition) is 2. The largest absolute Gasteiger partial charge is 0.416 e. The van der Waals surface area contributed by atoms with E-state index in [0.29, 0.717) is 0 Å². The molecule has 102 valence electrons. The summed E-state index contributed by atoms with van der Waals surface area (Å²) < 4.78 is 66.4. The highest BCUT2D eigenvalue weighted by Crippen LogP contribution is 2.30. The lowest BCUT2D eigenvalue weighted by Crippen LogP contribution is -2.11. The second kappa shape index (κ2) is 5.57. The molecule has 0 aliphatic heterocycles. The normalized spacial score (nSPS) is 12.4. The van der Waals surface area contributed by atoms with E-state index in [2.05, 4.69) is 5.32 Å². The lowest BCUT2D eigenvalue weighted by atomic mass is 10.2. The van der Waals surface area contributed by atoms with E-state index in [1.165, 1.54) is 12.1 Å². The summed E-state index contributed by atoms with van der Waals surface area (Å²) in [7, 11) is -4.03.